The van der Waals surface area contributed by atoms with E-state index in [9.17, 15) is 9.50 Å². The van der Waals surface area contributed by atoms with Crippen LogP contribution in [-0.4, -0.2) is 18.3 Å². The van der Waals surface area contributed by atoms with Crippen molar-refractivity contribution >= 4 is 0 Å². The molecule has 21 heavy (non-hydrogen) atoms. The van der Waals surface area contributed by atoms with Gasteiger partial charge in [0.05, 0.1) is 13.2 Å². The zero-order chi connectivity index (χ0) is 15.2. The Kier molecular flexibility index (Phi) is 5.17. The second kappa shape index (κ2) is 7.09. The van der Waals surface area contributed by atoms with Crippen molar-refractivity contribution in [1.29, 1.82) is 0 Å². The summed E-state index contributed by atoms with van der Waals surface area (Å²) < 4.78 is 24.3. The predicted molar refractivity (Wildman–Crippen MR) is 79.2 cm³/mol. The molecule has 2 rings (SSSR count). The summed E-state index contributed by atoms with van der Waals surface area (Å²) in [6, 6.07) is 11.2. The minimum absolute atomic E-state index is 0.373. The molecule has 4 heteroatoms. The highest BCUT2D eigenvalue weighted by molar-refractivity contribution is 5.45. The maximum Gasteiger partial charge on any atom is 0.161 e. The van der Waals surface area contributed by atoms with Crippen LogP contribution in [0.1, 0.15) is 31.1 Å². The van der Waals surface area contributed by atoms with Gasteiger partial charge in [-0.1, -0.05) is 18.2 Å². The first-order valence-corrected chi connectivity index (χ1v) is 6.98. The van der Waals surface area contributed by atoms with E-state index in [1.807, 2.05) is 13.8 Å². The summed E-state index contributed by atoms with van der Waals surface area (Å²) >= 11 is 0. The Morgan fingerprint density at radius 1 is 0.952 bits per heavy atom. The molecule has 1 unspecified atom stereocenters. The summed E-state index contributed by atoms with van der Waals surface area (Å²) in [5, 5.41) is 10.4. The lowest BCUT2D eigenvalue weighted by Crippen LogP contribution is -2.03. The topological polar surface area (TPSA) is 38.7 Å². The molecule has 0 aliphatic rings. The van der Waals surface area contributed by atoms with Crippen LogP contribution < -0.4 is 9.47 Å². The molecule has 0 aromatic heterocycles. The van der Waals surface area contributed by atoms with Gasteiger partial charge in [0.25, 0.3) is 0 Å². The standard InChI is InChI=1S/C17H19FO3/c1-3-20-15-9-8-13(11-16(15)21-4-2)17(19)12-6-5-7-14(18)10-12/h5-11,17,19H,3-4H2,1-2H3. The van der Waals surface area contributed by atoms with Gasteiger partial charge < -0.3 is 14.6 Å². The molecule has 0 saturated carbocycles. The van der Waals surface area contributed by atoms with Crippen molar-refractivity contribution in [3.05, 3.63) is 59.4 Å². The van der Waals surface area contributed by atoms with Crippen LogP contribution in [0.4, 0.5) is 4.39 Å². The fraction of sp³-hybridized carbons (Fsp3) is 0.294. The Balaban J connectivity index is 2.32. The number of aliphatic hydroxyl groups excluding tert-OH is 1. The van der Waals surface area contributed by atoms with Crippen molar-refractivity contribution in [3.8, 4) is 11.5 Å². The number of ether oxygens (including phenoxy) is 2. The molecule has 0 fully saturated rings. The molecule has 2 aromatic rings. The Morgan fingerprint density at radius 3 is 2.29 bits per heavy atom. The third-order valence-electron chi connectivity index (χ3n) is 3.05. The third kappa shape index (κ3) is 3.73. The van der Waals surface area contributed by atoms with Gasteiger partial charge in [-0.15, -0.1) is 0 Å². The molecule has 0 bridgehead atoms. The first-order chi connectivity index (χ1) is 10.2. The largest absolute Gasteiger partial charge is 0.490 e. The van der Waals surface area contributed by atoms with Crippen LogP contribution in [0.2, 0.25) is 0 Å². The van der Waals surface area contributed by atoms with Crippen molar-refractivity contribution in [1.82, 2.24) is 0 Å². The number of halogens is 1. The lowest BCUT2D eigenvalue weighted by atomic mass is 10.0. The van der Waals surface area contributed by atoms with Crippen molar-refractivity contribution in [3.63, 3.8) is 0 Å². The van der Waals surface area contributed by atoms with Gasteiger partial charge in [0, 0.05) is 0 Å². The number of hydrogen-bond acceptors (Lipinski definition) is 3. The first-order valence-electron chi connectivity index (χ1n) is 6.98. The van der Waals surface area contributed by atoms with Crippen molar-refractivity contribution in [2.45, 2.75) is 20.0 Å². The number of benzene rings is 2. The van der Waals surface area contributed by atoms with Gasteiger partial charge in [0.2, 0.25) is 0 Å². The van der Waals surface area contributed by atoms with Gasteiger partial charge in [0.15, 0.2) is 11.5 Å². The van der Waals surface area contributed by atoms with Crippen LogP contribution >= 0.6 is 0 Å². The van der Waals surface area contributed by atoms with Gasteiger partial charge in [0.1, 0.15) is 11.9 Å². The maximum absolute atomic E-state index is 13.3. The fourth-order valence-electron chi connectivity index (χ4n) is 2.11. The quantitative estimate of drug-likeness (QED) is 0.881. The van der Waals surface area contributed by atoms with Gasteiger partial charge in [-0.3, -0.25) is 0 Å². The molecule has 1 N–H and O–H groups in total. The highest BCUT2D eigenvalue weighted by Gasteiger charge is 2.14. The SMILES string of the molecule is CCOc1ccc(C(O)c2cccc(F)c2)cc1OCC. The summed E-state index contributed by atoms with van der Waals surface area (Å²) in [5.74, 6) is 0.837. The number of aliphatic hydroxyl groups is 1. The number of rotatable bonds is 6. The van der Waals surface area contributed by atoms with Crippen molar-refractivity contribution in [2.75, 3.05) is 13.2 Å². The molecule has 0 saturated heterocycles. The van der Waals surface area contributed by atoms with E-state index >= 15 is 0 Å². The van der Waals surface area contributed by atoms with Crippen LogP contribution in [0.15, 0.2) is 42.5 Å². The van der Waals surface area contributed by atoms with E-state index in [2.05, 4.69) is 0 Å². The molecular formula is C17H19FO3. The van der Waals surface area contributed by atoms with E-state index < -0.39 is 6.10 Å². The number of hydrogen-bond donors (Lipinski definition) is 1. The van der Waals surface area contributed by atoms with Crippen LogP contribution in [0.3, 0.4) is 0 Å². The molecule has 0 aliphatic heterocycles. The molecule has 112 valence electrons. The van der Waals surface area contributed by atoms with E-state index in [1.165, 1.54) is 12.1 Å². The second-order valence-corrected chi connectivity index (χ2v) is 4.53. The Labute approximate surface area is 124 Å². The van der Waals surface area contributed by atoms with Gasteiger partial charge in [-0.25, -0.2) is 4.39 Å². The summed E-state index contributed by atoms with van der Waals surface area (Å²) in [7, 11) is 0. The van der Waals surface area contributed by atoms with Crippen LogP contribution in [-0.2, 0) is 0 Å². The average Bonchev–Trinajstić information content (AvgIpc) is 2.49. The predicted octanol–water partition coefficient (Wildman–Crippen LogP) is 3.70. The second-order valence-electron chi connectivity index (χ2n) is 4.53. The zero-order valence-corrected chi connectivity index (χ0v) is 12.2. The summed E-state index contributed by atoms with van der Waals surface area (Å²) in [5.41, 5.74) is 1.13. The molecule has 1 atom stereocenters. The summed E-state index contributed by atoms with van der Waals surface area (Å²) in [4.78, 5) is 0. The van der Waals surface area contributed by atoms with E-state index in [0.29, 0.717) is 35.8 Å². The Hall–Kier alpha value is -2.07. The minimum atomic E-state index is -0.907. The molecule has 0 heterocycles. The third-order valence-corrected chi connectivity index (χ3v) is 3.05. The first kappa shape index (κ1) is 15.3. The summed E-state index contributed by atoms with van der Waals surface area (Å²) in [6.45, 7) is 4.81. The minimum Gasteiger partial charge on any atom is -0.490 e. The van der Waals surface area contributed by atoms with Crippen molar-refractivity contribution in [2.24, 2.45) is 0 Å². The lowest BCUT2D eigenvalue weighted by molar-refractivity contribution is 0.218. The van der Waals surface area contributed by atoms with Crippen LogP contribution in [0, 0.1) is 5.82 Å². The molecule has 0 spiro atoms. The van der Waals surface area contributed by atoms with Crippen LogP contribution in [0.25, 0.3) is 0 Å². The van der Waals surface area contributed by atoms with E-state index in [0.717, 1.165) is 0 Å². The van der Waals surface area contributed by atoms with E-state index in [-0.39, 0.29) is 5.82 Å². The molecule has 0 radical (unpaired) electrons. The highest BCUT2D eigenvalue weighted by atomic mass is 19.1. The van der Waals surface area contributed by atoms with Gasteiger partial charge in [-0.2, -0.15) is 0 Å². The maximum atomic E-state index is 13.3. The van der Waals surface area contributed by atoms with E-state index in [1.54, 1.807) is 30.3 Å². The van der Waals surface area contributed by atoms with Crippen LogP contribution in [0.5, 0.6) is 11.5 Å². The smallest absolute Gasteiger partial charge is 0.161 e. The van der Waals surface area contributed by atoms with Crippen molar-refractivity contribution < 1.29 is 19.0 Å². The highest BCUT2D eigenvalue weighted by Crippen LogP contribution is 2.32. The molecule has 3 nitrogen and oxygen atoms in total. The zero-order valence-electron chi connectivity index (χ0n) is 12.2. The van der Waals surface area contributed by atoms with E-state index in [4.69, 9.17) is 9.47 Å². The molecule has 0 aliphatic carbocycles. The van der Waals surface area contributed by atoms with Gasteiger partial charge >= 0.3 is 0 Å². The Morgan fingerprint density at radius 2 is 1.62 bits per heavy atom. The monoisotopic (exact) mass is 290 g/mol. The Bertz CT molecular complexity index is 598. The molecule has 2 aromatic carbocycles. The molecule has 0 amide bonds. The molecular weight excluding hydrogens is 271 g/mol. The summed E-state index contributed by atoms with van der Waals surface area (Å²) in [6.07, 6.45) is -0.907. The van der Waals surface area contributed by atoms with Gasteiger partial charge in [-0.05, 0) is 49.2 Å². The normalized spacial score (nSPS) is 12.0. The average molecular weight is 290 g/mol. The lowest BCUT2D eigenvalue weighted by Gasteiger charge is -2.16. The fourth-order valence-corrected chi connectivity index (χ4v) is 2.11.